The summed E-state index contributed by atoms with van der Waals surface area (Å²) >= 11 is 1.89. The molecule has 0 aliphatic heterocycles. The minimum absolute atomic E-state index is 0.982. The Hall–Kier alpha value is -1.26. The van der Waals surface area contributed by atoms with Crippen LogP contribution in [0.1, 0.15) is 0 Å². The Balaban J connectivity index is 1.52. The summed E-state index contributed by atoms with van der Waals surface area (Å²) in [5, 5.41) is 3.42. The molecule has 0 saturated heterocycles. The lowest BCUT2D eigenvalue weighted by molar-refractivity contribution is 0.615. The van der Waals surface area contributed by atoms with E-state index in [-0.39, 0.29) is 0 Å². The van der Waals surface area contributed by atoms with E-state index < -0.39 is 0 Å². The Morgan fingerprint density at radius 1 is 1.18 bits per heavy atom. The summed E-state index contributed by atoms with van der Waals surface area (Å²) in [7, 11) is 0. The van der Waals surface area contributed by atoms with Crippen molar-refractivity contribution in [1.82, 2.24) is 14.9 Å². The molecule has 4 heteroatoms. The van der Waals surface area contributed by atoms with Gasteiger partial charge in [0, 0.05) is 42.7 Å². The first kappa shape index (κ1) is 12.2. The summed E-state index contributed by atoms with van der Waals surface area (Å²) in [5.74, 6) is 1.11. The molecular formula is C13H17N3S. The van der Waals surface area contributed by atoms with Crippen molar-refractivity contribution in [2.45, 2.75) is 11.4 Å². The van der Waals surface area contributed by atoms with E-state index in [1.807, 2.05) is 36.5 Å². The summed E-state index contributed by atoms with van der Waals surface area (Å²) in [6.45, 7) is 3.01. The maximum atomic E-state index is 4.01. The molecule has 0 fully saturated rings. The highest BCUT2D eigenvalue weighted by atomic mass is 32.2. The highest BCUT2D eigenvalue weighted by Gasteiger charge is 1.93. The standard InChI is InChI=1S/C13H17N3S/c1-2-4-13(5-3-1)17-11-8-14-6-9-16-10-7-15-12-16/h1-5,7,10,12,14H,6,8-9,11H2. The lowest BCUT2D eigenvalue weighted by atomic mass is 10.4. The minimum Gasteiger partial charge on any atom is -0.336 e. The molecule has 3 nitrogen and oxygen atoms in total. The van der Waals surface area contributed by atoms with Crippen LogP contribution in [-0.4, -0.2) is 28.4 Å². The smallest absolute Gasteiger partial charge is 0.0946 e. The summed E-state index contributed by atoms with van der Waals surface area (Å²) in [5.41, 5.74) is 0. The Morgan fingerprint density at radius 2 is 2.06 bits per heavy atom. The van der Waals surface area contributed by atoms with Gasteiger partial charge in [-0.05, 0) is 12.1 Å². The van der Waals surface area contributed by atoms with Crippen LogP contribution in [0, 0.1) is 0 Å². The van der Waals surface area contributed by atoms with Crippen molar-refractivity contribution in [3.8, 4) is 0 Å². The van der Waals surface area contributed by atoms with E-state index in [1.54, 1.807) is 0 Å². The van der Waals surface area contributed by atoms with E-state index in [4.69, 9.17) is 0 Å². The maximum absolute atomic E-state index is 4.01. The second kappa shape index (κ2) is 7.14. The molecule has 1 N–H and O–H groups in total. The van der Waals surface area contributed by atoms with E-state index in [1.165, 1.54) is 4.90 Å². The highest BCUT2D eigenvalue weighted by molar-refractivity contribution is 7.99. The van der Waals surface area contributed by atoms with Gasteiger partial charge in [0.2, 0.25) is 0 Å². The second-order valence-electron chi connectivity index (χ2n) is 3.71. The second-order valence-corrected chi connectivity index (χ2v) is 4.88. The maximum Gasteiger partial charge on any atom is 0.0946 e. The van der Waals surface area contributed by atoms with Crippen molar-refractivity contribution < 1.29 is 0 Å². The Bertz CT molecular complexity index is 400. The predicted molar refractivity (Wildman–Crippen MR) is 72.3 cm³/mol. The Kier molecular flexibility index (Phi) is 5.13. The molecule has 1 aromatic carbocycles. The van der Waals surface area contributed by atoms with Gasteiger partial charge in [-0.25, -0.2) is 4.98 Å². The molecule has 17 heavy (non-hydrogen) atoms. The number of rotatable bonds is 7. The fourth-order valence-corrected chi connectivity index (χ4v) is 2.34. The quantitative estimate of drug-likeness (QED) is 0.601. The van der Waals surface area contributed by atoms with Crippen LogP contribution < -0.4 is 5.32 Å². The number of aromatic nitrogens is 2. The van der Waals surface area contributed by atoms with Crippen LogP contribution in [0.5, 0.6) is 0 Å². The van der Waals surface area contributed by atoms with Gasteiger partial charge in [0.15, 0.2) is 0 Å². The zero-order chi connectivity index (χ0) is 11.8. The summed E-state index contributed by atoms with van der Waals surface area (Å²) in [6.07, 6.45) is 5.64. The molecule has 0 saturated carbocycles. The van der Waals surface area contributed by atoms with Crippen LogP contribution in [0.2, 0.25) is 0 Å². The predicted octanol–water partition coefficient (Wildman–Crippen LogP) is 2.26. The van der Waals surface area contributed by atoms with Crippen LogP contribution in [0.25, 0.3) is 0 Å². The third-order valence-corrected chi connectivity index (χ3v) is 3.41. The highest BCUT2D eigenvalue weighted by Crippen LogP contribution is 2.15. The molecular weight excluding hydrogens is 230 g/mol. The third-order valence-electron chi connectivity index (χ3n) is 2.40. The SMILES string of the molecule is c1ccc(SCCNCCn2ccnc2)cc1. The van der Waals surface area contributed by atoms with Crippen LogP contribution in [-0.2, 0) is 6.54 Å². The van der Waals surface area contributed by atoms with E-state index in [0.29, 0.717) is 0 Å². The summed E-state index contributed by atoms with van der Waals surface area (Å²) < 4.78 is 2.08. The average Bonchev–Trinajstić information content (AvgIpc) is 2.88. The van der Waals surface area contributed by atoms with Gasteiger partial charge in [0.05, 0.1) is 6.33 Å². The van der Waals surface area contributed by atoms with E-state index in [0.717, 1.165) is 25.4 Å². The number of nitrogens with zero attached hydrogens (tertiary/aromatic N) is 2. The Morgan fingerprint density at radius 3 is 2.82 bits per heavy atom. The van der Waals surface area contributed by atoms with Crippen molar-refractivity contribution >= 4 is 11.8 Å². The molecule has 0 aliphatic rings. The monoisotopic (exact) mass is 247 g/mol. The molecule has 1 aromatic heterocycles. The molecule has 0 aliphatic carbocycles. The number of hydrogen-bond donors (Lipinski definition) is 1. The van der Waals surface area contributed by atoms with Crippen LogP contribution in [0.4, 0.5) is 0 Å². The first-order valence-electron chi connectivity index (χ1n) is 5.79. The molecule has 0 atom stereocenters. The lowest BCUT2D eigenvalue weighted by Gasteiger charge is -2.05. The van der Waals surface area contributed by atoms with Gasteiger partial charge in [0.25, 0.3) is 0 Å². The van der Waals surface area contributed by atoms with Crippen LogP contribution >= 0.6 is 11.8 Å². The van der Waals surface area contributed by atoms with E-state index in [2.05, 4.69) is 39.1 Å². The van der Waals surface area contributed by atoms with Gasteiger partial charge < -0.3 is 9.88 Å². The molecule has 0 bridgehead atoms. The van der Waals surface area contributed by atoms with E-state index >= 15 is 0 Å². The molecule has 90 valence electrons. The largest absolute Gasteiger partial charge is 0.336 e. The molecule has 0 amide bonds. The number of hydrogen-bond acceptors (Lipinski definition) is 3. The van der Waals surface area contributed by atoms with Crippen molar-refractivity contribution in [3.05, 3.63) is 49.1 Å². The molecule has 0 radical (unpaired) electrons. The van der Waals surface area contributed by atoms with Gasteiger partial charge in [-0.2, -0.15) is 0 Å². The van der Waals surface area contributed by atoms with Crippen molar-refractivity contribution in [2.24, 2.45) is 0 Å². The molecule has 1 heterocycles. The fourth-order valence-electron chi connectivity index (χ4n) is 1.51. The third kappa shape index (κ3) is 4.63. The first-order valence-corrected chi connectivity index (χ1v) is 6.78. The minimum atomic E-state index is 0.982. The molecule has 2 aromatic rings. The van der Waals surface area contributed by atoms with Gasteiger partial charge in [0.1, 0.15) is 0 Å². The van der Waals surface area contributed by atoms with Crippen LogP contribution in [0.3, 0.4) is 0 Å². The van der Waals surface area contributed by atoms with Crippen molar-refractivity contribution in [1.29, 1.82) is 0 Å². The van der Waals surface area contributed by atoms with Crippen LogP contribution in [0.15, 0.2) is 53.9 Å². The average molecular weight is 247 g/mol. The van der Waals surface area contributed by atoms with Gasteiger partial charge in [-0.1, -0.05) is 18.2 Å². The number of nitrogens with one attached hydrogen (secondary N) is 1. The zero-order valence-electron chi connectivity index (χ0n) is 9.75. The summed E-state index contributed by atoms with van der Waals surface area (Å²) in [4.78, 5) is 5.34. The zero-order valence-corrected chi connectivity index (χ0v) is 10.6. The summed E-state index contributed by atoms with van der Waals surface area (Å²) in [6, 6.07) is 10.5. The van der Waals surface area contributed by atoms with Gasteiger partial charge >= 0.3 is 0 Å². The molecule has 0 spiro atoms. The van der Waals surface area contributed by atoms with Crippen molar-refractivity contribution in [2.75, 3.05) is 18.8 Å². The fraction of sp³-hybridized carbons (Fsp3) is 0.308. The number of thioether (sulfide) groups is 1. The van der Waals surface area contributed by atoms with Crippen molar-refractivity contribution in [3.63, 3.8) is 0 Å². The van der Waals surface area contributed by atoms with E-state index in [9.17, 15) is 0 Å². The molecule has 0 unspecified atom stereocenters. The topological polar surface area (TPSA) is 29.9 Å². The number of benzene rings is 1. The van der Waals surface area contributed by atoms with Gasteiger partial charge in [-0.15, -0.1) is 11.8 Å². The lowest BCUT2D eigenvalue weighted by Crippen LogP contribution is -2.21. The van der Waals surface area contributed by atoms with Gasteiger partial charge in [-0.3, -0.25) is 0 Å². The molecule has 2 rings (SSSR count). The normalized spacial score (nSPS) is 10.6. The first-order chi connectivity index (χ1) is 8.45. The Labute approximate surface area is 106 Å². The number of imidazole rings is 1.